The molecule has 1 aliphatic rings. The summed E-state index contributed by atoms with van der Waals surface area (Å²) >= 11 is 5.95. The van der Waals surface area contributed by atoms with Gasteiger partial charge in [-0.3, -0.25) is 0 Å². The Morgan fingerprint density at radius 1 is 1.44 bits per heavy atom. The van der Waals surface area contributed by atoms with Crippen LogP contribution in [0, 0.1) is 0 Å². The first-order valence-corrected chi connectivity index (χ1v) is 4.08. The Kier molecular flexibility index (Phi) is 2.80. The summed E-state index contributed by atoms with van der Waals surface area (Å²) in [6.45, 7) is 0. The van der Waals surface area contributed by atoms with Crippen molar-refractivity contribution in [3.63, 3.8) is 0 Å². The monoisotopic (exact) mass is 147 g/mol. The molecule has 1 nitrogen and oxygen atoms in total. The van der Waals surface area contributed by atoms with Crippen LogP contribution in [0.2, 0.25) is 0 Å². The fourth-order valence-electron chi connectivity index (χ4n) is 1.39. The number of alkyl halides is 1. The predicted molar refractivity (Wildman–Crippen MR) is 41.0 cm³/mol. The molecule has 54 valence electrons. The van der Waals surface area contributed by atoms with Gasteiger partial charge < -0.3 is 5.32 Å². The Bertz CT molecular complexity index is 85.0. The van der Waals surface area contributed by atoms with E-state index < -0.39 is 0 Å². The van der Waals surface area contributed by atoms with Crippen molar-refractivity contribution in [2.45, 2.75) is 37.1 Å². The van der Waals surface area contributed by atoms with E-state index in [0.29, 0.717) is 11.4 Å². The van der Waals surface area contributed by atoms with Crippen LogP contribution in [0.1, 0.15) is 25.7 Å². The van der Waals surface area contributed by atoms with Crippen molar-refractivity contribution in [2.24, 2.45) is 0 Å². The highest BCUT2D eigenvalue weighted by Gasteiger charge is 2.17. The summed E-state index contributed by atoms with van der Waals surface area (Å²) in [6.07, 6.45) is 4.96. The van der Waals surface area contributed by atoms with Crippen molar-refractivity contribution in [2.75, 3.05) is 7.05 Å². The molecule has 0 aromatic rings. The third kappa shape index (κ3) is 2.15. The third-order valence-electron chi connectivity index (χ3n) is 2.02. The lowest BCUT2D eigenvalue weighted by molar-refractivity contribution is 0.399. The van der Waals surface area contributed by atoms with E-state index in [1.807, 2.05) is 7.05 Å². The van der Waals surface area contributed by atoms with Gasteiger partial charge in [-0.15, -0.1) is 11.6 Å². The van der Waals surface area contributed by atoms with Crippen LogP contribution in [0.5, 0.6) is 0 Å². The predicted octanol–water partition coefficient (Wildman–Crippen LogP) is 1.76. The van der Waals surface area contributed by atoms with Gasteiger partial charge in [0.1, 0.15) is 0 Å². The van der Waals surface area contributed by atoms with Crippen molar-refractivity contribution in [1.82, 2.24) is 5.32 Å². The van der Waals surface area contributed by atoms with Crippen LogP contribution < -0.4 is 5.32 Å². The van der Waals surface area contributed by atoms with Crippen molar-refractivity contribution in [3.05, 3.63) is 0 Å². The maximum Gasteiger partial charge on any atom is 0.0350 e. The first-order valence-electron chi connectivity index (χ1n) is 3.64. The van der Waals surface area contributed by atoms with Crippen molar-refractivity contribution in [1.29, 1.82) is 0 Å². The maximum absolute atomic E-state index is 5.95. The van der Waals surface area contributed by atoms with E-state index in [-0.39, 0.29) is 0 Å². The fraction of sp³-hybridized carbons (Fsp3) is 1.00. The van der Waals surface area contributed by atoms with Crippen molar-refractivity contribution >= 4 is 11.6 Å². The van der Waals surface area contributed by atoms with Gasteiger partial charge in [-0.05, 0) is 26.3 Å². The minimum absolute atomic E-state index is 0.427. The molecule has 1 N–H and O–H groups in total. The molecule has 0 saturated heterocycles. The highest BCUT2D eigenvalue weighted by Crippen LogP contribution is 2.22. The maximum atomic E-state index is 5.95. The Hall–Kier alpha value is 0.250. The number of halogens is 1. The van der Waals surface area contributed by atoms with Gasteiger partial charge in [-0.2, -0.15) is 0 Å². The molecule has 0 aromatic carbocycles. The van der Waals surface area contributed by atoms with Crippen LogP contribution in [0.4, 0.5) is 0 Å². The molecule has 0 spiro atoms. The molecule has 0 aromatic heterocycles. The Morgan fingerprint density at radius 2 is 2.22 bits per heavy atom. The van der Waals surface area contributed by atoms with Gasteiger partial charge in [0.05, 0.1) is 0 Å². The van der Waals surface area contributed by atoms with E-state index >= 15 is 0 Å². The normalized spacial score (nSPS) is 36.7. The number of hydrogen-bond donors (Lipinski definition) is 1. The van der Waals surface area contributed by atoms with E-state index in [9.17, 15) is 0 Å². The van der Waals surface area contributed by atoms with E-state index in [1.165, 1.54) is 19.3 Å². The fourth-order valence-corrected chi connectivity index (χ4v) is 1.76. The van der Waals surface area contributed by atoms with Gasteiger partial charge in [-0.1, -0.05) is 6.42 Å². The molecule has 0 heterocycles. The van der Waals surface area contributed by atoms with Gasteiger partial charge in [0.25, 0.3) is 0 Å². The molecule has 1 fully saturated rings. The average Bonchev–Trinajstić information content (AvgIpc) is 1.88. The minimum Gasteiger partial charge on any atom is -0.317 e. The first-order chi connectivity index (χ1) is 4.33. The standard InChI is InChI=1S/C7H14ClN/c1-9-7-4-2-3-6(8)5-7/h6-7,9H,2-5H2,1H3. The van der Waals surface area contributed by atoms with Crippen LogP contribution in [0.15, 0.2) is 0 Å². The quantitative estimate of drug-likeness (QED) is 0.558. The van der Waals surface area contributed by atoms with E-state index in [4.69, 9.17) is 11.6 Å². The van der Waals surface area contributed by atoms with E-state index in [2.05, 4.69) is 5.32 Å². The zero-order chi connectivity index (χ0) is 6.69. The molecule has 0 aliphatic heterocycles. The molecule has 2 unspecified atom stereocenters. The zero-order valence-corrected chi connectivity index (χ0v) is 6.62. The molecule has 1 rings (SSSR count). The minimum atomic E-state index is 0.427. The van der Waals surface area contributed by atoms with Crippen molar-refractivity contribution < 1.29 is 0 Å². The molecule has 9 heavy (non-hydrogen) atoms. The SMILES string of the molecule is CNC1CCCC(Cl)C1. The van der Waals surface area contributed by atoms with Crippen LogP contribution in [0.25, 0.3) is 0 Å². The molecule has 2 atom stereocenters. The average molecular weight is 148 g/mol. The molecule has 0 bridgehead atoms. The highest BCUT2D eigenvalue weighted by atomic mass is 35.5. The highest BCUT2D eigenvalue weighted by molar-refractivity contribution is 6.20. The van der Waals surface area contributed by atoms with Gasteiger partial charge in [-0.25, -0.2) is 0 Å². The summed E-state index contributed by atoms with van der Waals surface area (Å²) in [5.74, 6) is 0. The summed E-state index contributed by atoms with van der Waals surface area (Å²) in [7, 11) is 2.01. The smallest absolute Gasteiger partial charge is 0.0350 e. The number of rotatable bonds is 1. The summed E-state index contributed by atoms with van der Waals surface area (Å²) in [4.78, 5) is 0. The van der Waals surface area contributed by atoms with Crippen LogP contribution in [-0.2, 0) is 0 Å². The summed E-state index contributed by atoms with van der Waals surface area (Å²) in [5, 5.41) is 3.68. The Balaban J connectivity index is 2.23. The lowest BCUT2D eigenvalue weighted by Crippen LogP contribution is -2.31. The second-order valence-electron chi connectivity index (χ2n) is 2.75. The topological polar surface area (TPSA) is 12.0 Å². The van der Waals surface area contributed by atoms with Crippen LogP contribution >= 0.6 is 11.6 Å². The Labute approximate surface area is 61.8 Å². The second-order valence-corrected chi connectivity index (χ2v) is 3.37. The molecular formula is C7H14ClN. The van der Waals surface area contributed by atoms with E-state index in [0.717, 1.165) is 6.42 Å². The molecular weight excluding hydrogens is 134 g/mol. The molecule has 1 saturated carbocycles. The molecule has 0 amide bonds. The van der Waals surface area contributed by atoms with Crippen molar-refractivity contribution in [3.8, 4) is 0 Å². The van der Waals surface area contributed by atoms with Crippen LogP contribution in [-0.4, -0.2) is 18.5 Å². The molecule has 2 heteroatoms. The first kappa shape index (κ1) is 7.36. The zero-order valence-electron chi connectivity index (χ0n) is 5.86. The third-order valence-corrected chi connectivity index (χ3v) is 2.41. The largest absolute Gasteiger partial charge is 0.317 e. The number of nitrogens with one attached hydrogen (secondary N) is 1. The molecule has 1 aliphatic carbocycles. The van der Waals surface area contributed by atoms with Crippen LogP contribution in [0.3, 0.4) is 0 Å². The van der Waals surface area contributed by atoms with E-state index in [1.54, 1.807) is 0 Å². The summed E-state index contributed by atoms with van der Waals surface area (Å²) in [5.41, 5.74) is 0. The van der Waals surface area contributed by atoms with Gasteiger partial charge in [0.2, 0.25) is 0 Å². The molecule has 0 radical (unpaired) electrons. The second kappa shape index (κ2) is 3.43. The van der Waals surface area contributed by atoms with Gasteiger partial charge in [0.15, 0.2) is 0 Å². The summed E-state index contributed by atoms with van der Waals surface area (Å²) < 4.78 is 0. The summed E-state index contributed by atoms with van der Waals surface area (Å²) in [6, 6.07) is 0.682. The van der Waals surface area contributed by atoms with Gasteiger partial charge >= 0.3 is 0 Å². The van der Waals surface area contributed by atoms with Gasteiger partial charge in [0, 0.05) is 11.4 Å². The lowest BCUT2D eigenvalue weighted by atomic mass is 9.95. The Morgan fingerprint density at radius 3 is 2.67 bits per heavy atom. The lowest BCUT2D eigenvalue weighted by Gasteiger charge is -2.24. The number of hydrogen-bond acceptors (Lipinski definition) is 1.